The third-order valence-corrected chi connectivity index (χ3v) is 5.80. The lowest BCUT2D eigenvalue weighted by atomic mass is 9.96. The van der Waals surface area contributed by atoms with E-state index in [1.165, 1.54) is 5.57 Å². The van der Waals surface area contributed by atoms with Gasteiger partial charge in [0.15, 0.2) is 0 Å². The van der Waals surface area contributed by atoms with Crippen molar-refractivity contribution in [2.24, 2.45) is 0 Å². The molecule has 0 saturated carbocycles. The molecule has 0 radical (unpaired) electrons. The first-order valence-corrected chi connectivity index (χ1v) is 10.6. The lowest BCUT2D eigenvalue weighted by Gasteiger charge is -2.27. The first kappa shape index (κ1) is 19.8. The summed E-state index contributed by atoms with van der Waals surface area (Å²) in [6.07, 6.45) is 12.0. The molecule has 158 valence electrons. The monoisotopic (exact) mass is 421 g/mol. The summed E-state index contributed by atoms with van der Waals surface area (Å²) in [4.78, 5) is 26.1. The number of hydrogen-bond donors (Lipinski definition) is 2. The number of anilines is 1. The van der Waals surface area contributed by atoms with Crippen LogP contribution in [0.1, 0.15) is 33.6 Å². The van der Waals surface area contributed by atoms with E-state index in [9.17, 15) is 4.79 Å². The van der Waals surface area contributed by atoms with Gasteiger partial charge in [0, 0.05) is 30.2 Å². The summed E-state index contributed by atoms with van der Waals surface area (Å²) in [7, 11) is 0. The minimum absolute atomic E-state index is 0.0522. The number of amides is 1. The van der Waals surface area contributed by atoms with Crippen LogP contribution in [0.3, 0.4) is 0 Å². The molecule has 0 saturated heterocycles. The summed E-state index contributed by atoms with van der Waals surface area (Å²) < 4.78 is 0. The van der Waals surface area contributed by atoms with E-state index >= 15 is 0 Å². The summed E-state index contributed by atoms with van der Waals surface area (Å²) in [5, 5.41) is 2.04. The number of aromatic amines is 1. The van der Waals surface area contributed by atoms with E-state index in [0.29, 0.717) is 24.5 Å². The molecule has 0 aliphatic carbocycles. The van der Waals surface area contributed by atoms with Crippen LogP contribution in [0, 0.1) is 0 Å². The molecule has 0 atom stereocenters. The Hall–Kier alpha value is -4.19. The van der Waals surface area contributed by atoms with Crippen molar-refractivity contribution in [2.75, 3.05) is 18.8 Å². The molecule has 0 bridgehead atoms. The average molecular weight is 422 g/mol. The predicted octanol–water partition coefficient (Wildman–Crippen LogP) is 4.64. The molecule has 4 aromatic rings. The molecule has 5 rings (SSSR count). The van der Waals surface area contributed by atoms with Gasteiger partial charge in [-0.1, -0.05) is 36.4 Å². The van der Waals surface area contributed by atoms with Gasteiger partial charge in [-0.05, 0) is 58.8 Å². The number of carbonyl (C=O) groups is 1. The molecule has 1 aliphatic rings. The highest BCUT2D eigenvalue weighted by Gasteiger charge is 2.19. The largest absolute Gasteiger partial charge is 0.383 e. The molecule has 32 heavy (non-hydrogen) atoms. The van der Waals surface area contributed by atoms with Crippen molar-refractivity contribution in [3.05, 3.63) is 95.7 Å². The fourth-order valence-electron chi connectivity index (χ4n) is 3.97. The molecule has 1 amide bonds. The van der Waals surface area contributed by atoms with Crippen molar-refractivity contribution in [3.63, 3.8) is 0 Å². The van der Waals surface area contributed by atoms with Gasteiger partial charge in [-0.15, -0.1) is 0 Å². The number of imidazole rings is 1. The second-order valence-corrected chi connectivity index (χ2v) is 7.82. The molecule has 2 aromatic carbocycles. The standard InChI is InChI=1S/C26H23N5O/c27-25-24-15-22(7-6-20(24)9-12-29-25)19-10-13-31(14-11-19)26(32)21-4-1-18(2-5-21)3-8-23-16-28-17-30-23/h1-10,12,15-17H,11,13-14H2,(H2,27,29)(H,28,30)/b8-3+. The van der Waals surface area contributed by atoms with Crippen LogP contribution in [0.5, 0.6) is 0 Å². The van der Waals surface area contributed by atoms with Crippen LogP contribution in [0.4, 0.5) is 5.82 Å². The highest BCUT2D eigenvalue weighted by atomic mass is 16.2. The van der Waals surface area contributed by atoms with Crippen LogP contribution in [0.15, 0.2) is 73.3 Å². The van der Waals surface area contributed by atoms with E-state index < -0.39 is 0 Å². The minimum Gasteiger partial charge on any atom is -0.383 e. The maximum absolute atomic E-state index is 13.0. The molecule has 0 fully saturated rings. The van der Waals surface area contributed by atoms with Gasteiger partial charge >= 0.3 is 0 Å². The second kappa shape index (κ2) is 8.51. The van der Waals surface area contributed by atoms with Crippen molar-refractivity contribution in [1.29, 1.82) is 0 Å². The summed E-state index contributed by atoms with van der Waals surface area (Å²) in [6.45, 7) is 1.28. The summed E-state index contributed by atoms with van der Waals surface area (Å²) >= 11 is 0. The Kier molecular flexibility index (Phi) is 5.25. The average Bonchev–Trinajstić information content (AvgIpc) is 3.37. The Bertz CT molecular complexity index is 1320. The van der Waals surface area contributed by atoms with Gasteiger partial charge in [0.05, 0.1) is 18.2 Å². The molecule has 6 heteroatoms. The maximum Gasteiger partial charge on any atom is 0.254 e. The zero-order valence-electron chi connectivity index (χ0n) is 17.5. The van der Waals surface area contributed by atoms with Crippen molar-refractivity contribution < 1.29 is 4.79 Å². The number of rotatable bonds is 4. The van der Waals surface area contributed by atoms with Gasteiger partial charge in [-0.3, -0.25) is 4.79 Å². The zero-order chi connectivity index (χ0) is 21.9. The van der Waals surface area contributed by atoms with E-state index in [1.54, 1.807) is 18.7 Å². The van der Waals surface area contributed by atoms with Crippen molar-refractivity contribution >= 4 is 40.2 Å². The third kappa shape index (κ3) is 4.03. The van der Waals surface area contributed by atoms with Gasteiger partial charge < -0.3 is 15.6 Å². The van der Waals surface area contributed by atoms with Gasteiger partial charge in [-0.2, -0.15) is 0 Å². The van der Waals surface area contributed by atoms with E-state index in [2.05, 4.69) is 39.2 Å². The van der Waals surface area contributed by atoms with Gasteiger partial charge in [-0.25, -0.2) is 9.97 Å². The zero-order valence-corrected chi connectivity index (χ0v) is 17.5. The number of hydrogen-bond acceptors (Lipinski definition) is 4. The molecule has 0 spiro atoms. The first-order chi connectivity index (χ1) is 15.7. The molecule has 3 N–H and O–H groups in total. The van der Waals surface area contributed by atoms with Gasteiger partial charge in [0.25, 0.3) is 5.91 Å². The van der Waals surface area contributed by atoms with Crippen LogP contribution in [-0.4, -0.2) is 38.8 Å². The summed E-state index contributed by atoms with van der Waals surface area (Å²) in [6, 6.07) is 15.9. The topological polar surface area (TPSA) is 87.9 Å². The lowest BCUT2D eigenvalue weighted by Crippen LogP contribution is -2.34. The summed E-state index contributed by atoms with van der Waals surface area (Å²) in [5.74, 6) is 0.594. The van der Waals surface area contributed by atoms with Crippen LogP contribution < -0.4 is 5.73 Å². The predicted molar refractivity (Wildman–Crippen MR) is 129 cm³/mol. The van der Waals surface area contributed by atoms with E-state index in [-0.39, 0.29) is 5.91 Å². The third-order valence-electron chi connectivity index (χ3n) is 5.80. The molecule has 6 nitrogen and oxygen atoms in total. The highest BCUT2D eigenvalue weighted by molar-refractivity contribution is 5.96. The Labute approximate surface area is 186 Å². The molecular weight excluding hydrogens is 398 g/mol. The van der Waals surface area contributed by atoms with E-state index in [4.69, 9.17) is 5.73 Å². The van der Waals surface area contributed by atoms with Crippen molar-refractivity contribution in [1.82, 2.24) is 19.9 Å². The number of nitrogens with one attached hydrogen (secondary N) is 1. The van der Waals surface area contributed by atoms with Gasteiger partial charge in [0.1, 0.15) is 5.82 Å². The fourth-order valence-corrected chi connectivity index (χ4v) is 3.97. The number of nitrogens with zero attached hydrogens (tertiary/aromatic N) is 3. The summed E-state index contributed by atoms with van der Waals surface area (Å²) in [5.41, 5.74) is 11.1. The first-order valence-electron chi connectivity index (χ1n) is 10.6. The van der Waals surface area contributed by atoms with Crippen LogP contribution in [-0.2, 0) is 0 Å². The molecule has 3 heterocycles. The number of benzene rings is 2. The van der Waals surface area contributed by atoms with Crippen molar-refractivity contribution in [2.45, 2.75) is 6.42 Å². The number of nitrogens with two attached hydrogens (primary N) is 1. The fraction of sp³-hybridized carbons (Fsp3) is 0.115. The Morgan fingerprint density at radius 3 is 2.72 bits per heavy atom. The van der Waals surface area contributed by atoms with Gasteiger partial charge in [0.2, 0.25) is 0 Å². The number of fused-ring (bicyclic) bond motifs is 1. The lowest BCUT2D eigenvalue weighted by molar-refractivity contribution is 0.0773. The highest BCUT2D eigenvalue weighted by Crippen LogP contribution is 2.28. The van der Waals surface area contributed by atoms with Crippen LogP contribution in [0.25, 0.3) is 28.5 Å². The van der Waals surface area contributed by atoms with E-state index in [0.717, 1.165) is 34.0 Å². The van der Waals surface area contributed by atoms with Crippen LogP contribution >= 0.6 is 0 Å². The van der Waals surface area contributed by atoms with E-state index in [1.807, 2.05) is 47.4 Å². The maximum atomic E-state index is 13.0. The smallest absolute Gasteiger partial charge is 0.254 e. The molecule has 0 unspecified atom stereocenters. The Balaban J connectivity index is 1.27. The number of pyridine rings is 1. The SMILES string of the molecule is Nc1nccc2ccc(C3=CCN(C(=O)c4ccc(/C=C/c5cnc[nH]5)cc4)CC3)cc12. The Morgan fingerprint density at radius 1 is 1.09 bits per heavy atom. The number of nitrogen functional groups attached to an aromatic ring is 1. The quantitative estimate of drug-likeness (QED) is 0.502. The molecule has 2 aromatic heterocycles. The Morgan fingerprint density at radius 2 is 1.97 bits per heavy atom. The number of H-pyrrole nitrogens is 1. The number of aromatic nitrogens is 3. The number of carbonyl (C=O) groups excluding carboxylic acids is 1. The van der Waals surface area contributed by atoms with Crippen LogP contribution in [0.2, 0.25) is 0 Å². The normalized spacial score (nSPS) is 14.1. The molecule has 1 aliphatic heterocycles. The minimum atomic E-state index is 0.0522. The second-order valence-electron chi connectivity index (χ2n) is 7.82. The molecular formula is C26H23N5O. The van der Waals surface area contributed by atoms with Crippen molar-refractivity contribution in [3.8, 4) is 0 Å².